The smallest absolute Gasteiger partial charge is 0.187 e. The molecule has 0 spiro atoms. The lowest BCUT2D eigenvalue weighted by molar-refractivity contribution is 0.426. The lowest BCUT2D eigenvalue weighted by atomic mass is 10.0. The molecule has 0 saturated carbocycles. The lowest BCUT2D eigenvalue weighted by Crippen LogP contribution is -1.99. The van der Waals surface area contributed by atoms with E-state index in [1.54, 1.807) is 11.8 Å². The van der Waals surface area contributed by atoms with Gasteiger partial charge in [0.25, 0.3) is 0 Å². The quantitative estimate of drug-likeness (QED) is 0.617. The Morgan fingerprint density at radius 2 is 2.12 bits per heavy atom. The molecule has 0 saturated heterocycles. The summed E-state index contributed by atoms with van der Waals surface area (Å²) in [5, 5.41) is 4.69. The van der Waals surface area contributed by atoms with Crippen LogP contribution in [0.4, 0.5) is 0 Å². The van der Waals surface area contributed by atoms with Crippen LogP contribution in [0.15, 0.2) is 21.9 Å². The highest BCUT2D eigenvalue weighted by molar-refractivity contribution is 7.98. The summed E-state index contributed by atoms with van der Waals surface area (Å²) in [4.78, 5) is 8.83. The van der Waals surface area contributed by atoms with E-state index in [9.17, 15) is 0 Å². The third kappa shape index (κ3) is 2.49. The molecule has 5 heteroatoms. The van der Waals surface area contributed by atoms with E-state index in [1.807, 2.05) is 25.4 Å². The first-order valence-corrected chi connectivity index (χ1v) is 6.69. The van der Waals surface area contributed by atoms with Crippen molar-refractivity contribution in [3.05, 3.63) is 23.7 Å². The van der Waals surface area contributed by atoms with Crippen LogP contribution in [0.25, 0.3) is 11.3 Å². The minimum atomic E-state index is 0.323. The Labute approximate surface area is 105 Å². The van der Waals surface area contributed by atoms with E-state index in [4.69, 9.17) is 4.52 Å². The molecule has 0 amide bonds. The maximum absolute atomic E-state index is 5.28. The van der Waals surface area contributed by atoms with E-state index >= 15 is 0 Å². The summed E-state index contributed by atoms with van der Waals surface area (Å²) in [5.41, 5.74) is 2.79. The van der Waals surface area contributed by atoms with E-state index in [0.29, 0.717) is 5.92 Å². The Hall–Kier alpha value is -1.36. The molecule has 0 fully saturated rings. The molecule has 17 heavy (non-hydrogen) atoms. The second-order valence-corrected chi connectivity index (χ2v) is 4.92. The van der Waals surface area contributed by atoms with Crippen molar-refractivity contribution in [2.75, 3.05) is 6.26 Å². The molecule has 0 N–H and O–H groups in total. The maximum Gasteiger partial charge on any atom is 0.187 e. The van der Waals surface area contributed by atoms with Gasteiger partial charge in [-0.1, -0.05) is 30.8 Å². The fraction of sp³-hybridized carbons (Fsp3) is 0.417. The van der Waals surface area contributed by atoms with Gasteiger partial charge in [-0.05, 0) is 19.1 Å². The molecule has 90 valence electrons. The van der Waals surface area contributed by atoms with Gasteiger partial charge in [0.05, 0.1) is 17.0 Å². The molecular formula is C12H15N3OS. The Morgan fingerprint density at radius 1 is 1.35 bits per heavy atom. The van der Waals surface area contributed by atoms with E-state index in [-0.39, 0.29) is 0 Å². The molecule has 4 nitrogen and oxygen atoms in total. The summed E-state index contributed by atoms with van der Waals surface area (Å²) >= 11 is 1.54. The zero-order chi connectivity index (χ0) is 12.4. The standard InChI is InChI=1S/C12H15N3OS/c1-7(2)11-9(6-13-12(14-11)17-4)10-5-8(3)15-16-10/h5-7H,1-4H3. The summed E-state index contributed by atoms with van der Waals surface area (Å²) in [6.07, 6.45) is 3.78. The normalized spacial score (nSPS) is 11.1. The molecule has 0 atom stereocenters. The number of nitrogens with zero attached hydrogens (tertiary/aromatic N) is 3. The largest absolute Gasteiger partial charge is 0.356 e. The van der Waals surface area contributed by atoms with Gasteiger partial charge >= 0.3 is 0 Å². The fourth-order valence-corrected chi connectivity index (χ4v) is 1.94. The van der Waals surface area contributed by atoms with E-state index < -0.39 is 0 Å². The van der Waals surface area contributed by atoms with Crippen molar-refractivity contribution in [2.45, 2.75) is 31.8 Å². The Balaban J connectivity index is 2.53. The van der Waals surface area contributed by atoms with Crippen molar-refractivity contribution in [1.29, 1.82) is 0 Å². The first-order valence-electron chi connectivity index (χ1n) is 5.46. The molecule has 0 unspecified atom stereocenters. The van der Waals surface area contributed by atoms with Crippen LogP contribution in [0.5, 0.6) is 0 Å². The van der Waals surface area contributed by atoms with Gasteiger partial charge in [0.1, 0.15) is 0 Å². The zero-order valence-corrected chi connectivity index (χ0v) is 11.2. The fourth-order valence-electron chi connectivity index (χ4n) is 1.60. The van der Waals surface area contributed by atoms with E-state index in [2.05, 4.69) is 29.0 Å². The highest BCUT2D eigenvalue weighted by atomic mass is 32.2. The molecule has 0 bridgehead atoms. The van der Waals surface area contributed by atoms with Gasteiger partial charge in [0, 0.05) is 12.3 Å². The van der Waals surface area contributed by atoms with Crippen molar-refractivity contribution >= 4 is 11.8 Å². The molecular weight excluding hydrogens is 234 g/mol. The summed E-state index contributed by atoms with van der Waals surface area (Å²) in [7, 11) is 0. The summed E-state index contributed by atoms with van der Waals surface area (Å²) in [6.45, 7) is 6.12. The molecule has 2 heterocycles. The Bertz CT molecular complexity index is 522. The minimum absolute atomic E-state index is 0.323. The van der Waals surface area contributed by atoms with Crippen LogP contribution in [0.2, 0.25) is 0 Å². The van der Waals surface area contributed by atoms with Crippen molar-refractivity contribution in [1.82, 2.24) is 15.1 Å². The van der Waals surface area contributed by atoms with Gasteiger partial charge < -0.3 is 4.52 Å². The topological polar surface area (TPSA) is 51.8 Å². The number of hydrogen-bond donors (Lipinski definition) is 0. The van der Waals surface area contributed by atoms with Gasteiger partial charge in [-0.25, -0.2) is 9.97 Å². The molecule has 0 aliphatic heterocycles. The van der Waals surface area contributed by atoms with Gasteiger partial charge in [-0.2, -0.15) is 0 Å². The first kappa shape index (κ1) is 12.1. The SMILES string of the molecule is CSc1ncc(-c2cc(C)no2)c(C(C)C)n1. The van der Waals surface area contributed by atoms with E-state index in [0.717, 1.165) is 27.9 Å². The van der Waals surface area contributed by atoms with Crippen LogP contribution in [0.1, 0.15) is 31.2 Å². The first-order chi connectivity index (χ1) is 8.11. The van der Waals surface area contributed by atoms with Crippen LogP contribution < -0.4 is 0 Å². The van der Waals surface area contributed by atoms with Crippen LogP contribution >= 0.6 is 11.8 Å². The lowest BCUT2D eigenvalue weighted by Gasteiger charge is -2.09. The number of aryl methyl sites for hydroxylation is 1. The summed E-state index contributed by atoms with van der Waals surface area (Å²) < 4.78 is 5.28. The second kappa shape index (κ2) is 4.87. The number of rotatable bonds is 3. The molecule has 0 aromatic carbocycles. The molecule has 0 aliphatic carbocycles. The molecule has 0 aliphatic rings. The number of thioether (sulfide) groups is 1. The molecule has 2 aromatic heterocycles. The van der Waals surface area contributed by atoms with Crippen LogP contribution in [-0.4, -0.2) is 21.4 Å². The summed E-state index contributed by atoms with van der Waals surface area (Å²) in [6, 6.07) is 1.91. The predicted octanol–water partition coefficient (Wildman–Crippen LogP) is 3.29. The van der Waals surface area contributed by atoms with Gasteiger partial charge in [0.2, 0.25) is 0 Å². The Morgan fingerprint density at radius 3 is 2.65 bits per heavy atom. The third-order valence-corrected chi connectivity index (χ3v) is 2.98. The highest BCUT2D eigenvalue weighted by Crippen LogP contribution is 2.28. The Kier molecular flexibility index (Phi) is 3.47. The zero-order valence-electron chi connectivity index (χ0n) is 10.4. The molecule has 2 aromatic rings. The maximum atomic E-state index is 5.28. The average molecular weight is 249 g/mol. The number of aromatic nitrogens is 3. The van der Waals surface area contributed by atoms with Crippen molar-refractivity contribution in [3.63, 3.8) is 0 Å². The van der Waals surface area contributed by atoms with E-state index in [1.165, 1.54) is 0 Å². The highest BCUT2D eigenvalue weighted by Gasteiger charge is 2.15. The van der Waals surface area contributed by atoms with Crippen LogP contribution in [0.3, 0.4) is 0 Å². The summed E-state index contributed by atoms with van der Waals surface area (Å²) in [5.74, 6) is 1.06. The predicted molar refractivity (Wildman–Crippen MR) is 68.1 cm³/mol. The van der Waals surface area contributed by atoms with Gasteiger partial charge in [0.15, 0.2) is 10.9 Å². The van der Waals surface area contributed by atoms with Gasteiger partial charge in [-0.15, -0.1) is 0 Å². The number of hydrogen-bond acceptors (Lipinski definition) is 5. The van der Waals surface area contributed by atoms with Gasteiger partial charge in [-0.3, -0.25) is 0 Å². The van der Waals surface area contributed by atoms with Crippen molar-refractivity contribution in [3.8, 4) is 11.3 Å². The minimum Gasteiger partial charge on any atom is -0.356 e. The molecule has 0 radical (unpaired) electrons. The van der Waals surface area contributed by atoms with Crippen molar-refractivity contribution in [2.24, 2.45) is 0 Å². The monoisotopic (exact) mass is 249 g/mol. The van der Waals surface area contributed by atoms with Crippen LogP contribution in [0, 0.1) is 6.92 Å². The molecule has 2 rings (SSSR count). The second-order valence-electron chi connectivity index (χ2n) is 4.14. The van der Waals surface area contributed by atoms with Crippen LogP contribution in [-0.2, 0) is 0 Å². The third-order valence-electron chi connectivity index (χ3n) is 2.42. The van der Waals surface area contributed by atoms with Crippen molar-refractivity contribution < 1.29 is 4.52 Å². The average Bonchev–Trinajstić information content (AvgIpc) is 2.75.